The Kier molecular flexibility index (Phi) is 7.73. The topological polar surface area (TPSA) is 94.9 Å². The number of carbonyl (C=O) groups excluding carboxylic acids is 2. The SMILES string of the molecule is COCCn1c(C)cc(C(=O)COC(=O)c2cccc(S(=O)(=O)N3CCc4ccccc4C3)c2)c1C. The van der Waals surface area contributed by atoms with E-state index in [9.17, 15) is 18.0 Å². The molecule has 0 saturated carbocycles. The van der Waals surface area contributed by atoms with Crippen molar-refractivity contribution >= 4 is 21.8 Å². The lowest BCUT2D eigenvalue weighted by atomic mass is 10.0. The molecule has 8 nitrogen and oxygen atoms in total. The minimum Gasteiger partial charge on any atom is -0.454 e. The van der Waals surface area contributed by atoms with Gasteiger partial charge < -0.3 is 14.0 Å². The molecule has 190 valence electrons. The summed E-state index contributed by atoms with van der Waals surface area (Å²) in [7, 11) is -2.19. The number of sulfonamides is 1. The third-order valence-corrected chi connectivity index (χ3v) is 8.37. The Morgan fingerprint density at radius 1 is 1.00 bits per heavy atom. The second-order valence-electron chi connectivity index (χ2n) is 8.81. The summed E-state index contributed by atoms with van der Waals surface area (Å²) in [5.74, 6) is -1.08. The number of rotatable bonds is 9. The number of hydrogen-bond acceptors (Lipinski definition) is 6. The molecule has 0 bridgehead atoms. The first-order valence-electron chi connectivity index (χ1n) is 11.8. The van der Waals surface area contributed by atoms with Gasteiger partial charge in [-0.1, -0.05) is 30.3 Å². The van der Waals surface area contributed by atoms with Gasteiger partial charge in [0.1, 0.15) is 0 Å². The van der Waals surface area contributed by atoms with Gasteiger partial charge in [0.05, 0.1) is 17.1 Å². The van der Waals surface area contributed by atoms with Gasteiger partial charge in [0.15, 0.2) is 6.61 Å². The number of hydrogen-bond donors (Lipinski definition) is 0. The van der Waals surface area contributed by atoms with E-state index in [4.69, 9.17) is 9.47 Å². The summed E-state index contributed by atoms with van der Waals surface area (Å²) in [5, 5.41) is 0. The summed E-state index contributed by atoms with van der Waals surface area (Å²) in [6, 6.07) is 15.3. The first-order chi connectivity index (χ1) is 17.2. The van der Waals surface area contributed by atoms with Crippen LogP contribution in [0.3, 0.4) is 0 Å². The van der Waals surface area contributed by atoms with E-state index in [1.165, 1.54) is 28.6 Å². The number of ether oxygens (including phenoxy) is 2. The largest absolute Gasteiger partial charge is 0.454 e. The van der Waals surface area contributed by atoms with Gasteiger partial charge in [-0.2, -0.15) is 4.31 Å². The highest BCUT2D eigenvalue weighted by molar-refractivity contribution is 7.89. The number of Topliss-reactive ketones (excluding diaryl/α,β-unsaturated/α-hetero) is 1. The number of benzene rings is 2. The monoisotopic (exact) mass is 510 g/mol. The first kappa shape index (κ1) is 25.8. The molecular weight excluding hydrogens is 480 g/mol. The first-order valence-corrected chi connectivity index (χ1v) is 13.2. The Balaban J connectivity index is 1.44. The van der Waals surface area contributed by atoms with Crippen LogP contribution >= 0.6 is 0 Å². The number of aromatic nitrogens is 1. The molecule has 4 rings (SSSR count). The normalized spacial score (nSPS) is 13.9. The molecular formula is C27H30N2O6S. The van der Waals surface area contributed by atoms with Gasteiger partial charge >= 0.3 is 5.97 Å². The Morgan fingerprint density at radius 2 is 1.75 bits per heavy atom. The molecule has 1 aliphatic rings. The van der Waals surface area contributed by atoms with Gasteiger partial charge in [0.25, 0.3) is 0 Å². The molecule has 2 heterocycles. The van der Waals surface area contributed by atoms with Crippen LogP contribution in [0.15, 0.2) is 59.5 Å². The molecule has 0 spiro atoms. The number of carbonyl (C=O) groups is 2. The van der Waals surface area contributed by atoms with Crippen LogP contribution in [0.1, 0.15) is 43.2 Å². The smallest absolute Gasteiger partial charge is 0.338 e. The van der Waals surface area contributed by atoms with Crippen molar-refractivity contribution in [2.45, 2.75) is 38.3 Å². The van der Waals surface area contributed by atoms with E-state index < -0.39 is 22.6 Å². The maximum atomic E-state index is 13.3. The van der Waals surface area contributed by atoms with Crippen LogP contribution in [0.25, 0.3) is 0 Å². The molecule has 0 atom stereocenters. The lowest BCUT2D eigenvalue weighted by molar-refractivity contribution is 0.0474. The second kappa shape index (κ2) is 10.8. The summed E-state index contributed by atoms with van der Waals surface area (Å²) >= 11 is 0. The summed E-state index contributed by atoms with van der Waals surface area (Å²) in [4.78, 5) is 25.5. The predicted octanol–water partition coefficient (Wildman–Crippen LogP) is 3.54. The fourth-order valence-electron chi connectivity index (χ4n) is 4.51. The zero-order valence-corrected chi connectivity index (χ0v) is 21.5. The van der Waals surface area contributed by atoms with E-state index in [2.05, 4.69) is 0 Å². The maximum Gasteiger partial charge on any atom is 0.338 e. The highest BCUT2D eigenvalue weighted by atomic mass is 32.2. The fraction of sp³-hybridized carbons (Fsp3) is 0.333. The van der Waals surface area contributed by atoms with Crippen molar-refractivity contribution in [1.82, 2.24) is 8.87 Å². The predicted molar refractivity (Wildman–Crippen MR) is 135 cm³/mol. The fourth-order valence-corrected chi connectivity index (χ4v) is 5.98. The van der Waals surface area contributed by atoms with Crippen LogP contribution in [0.2, 0.25) is 0 Å². The third-order valence-electron chi connectivity index (χ3n) is 6.53. The number of aryl methyl sites for hydroxylation is 1. The average molecular weight is 511 g/mol. The molecule has 2 aromatic carbocycles. The van der Waals surface area contributed by atoms with E-state index in [1.54, 1.807) is 13.2 Å². The molecule has 0 saturated heterocycles. The van der Waals surface area contributed by atoms with Crippen molar-refractivity contribution in [2.24, 2.45) is 0 Å². The van der Waals surface area contributed by atoms with Gasteiger partial charge in [-0.05, 0) is 55.7 Å². The number of ketones is 1. The van der Waals surface area contributed by atoms with E-state index in [-0.39, 0.29) is 22.8 Å². The van der Waals surface area contributed by atoms with Gasteiger partial charge in [0.2, 0.25) is 15.8 Å². The van der Waals surface area contributed by atoms with Crippen molar-refractivity contribution < 1.29 is 27.5 Å². The average Bonchev–Trinajstić information content (AvgIpc) is 3.18. The van der Waals surface area contributed by atoms with E-state index >= 15 is 0 Å². The lowest BCUT2D eigenvalue weighted by Crippen LogP contribution is -2.36. The van der Waals surface area contributed by atoms with Gasteiger partial charge in [-0.25, -0.2) is 13.2 Å². The molecule has 0 amide bonds. The molecule has 0 N–H and O–H groups in total. The minimum absolute atomic E-state index is 0.0179. The molecule has 1 aliphatic heterocycles. The van der Waals surface area contributed by atoms with E-state index in [0.29, 0.717) is 31.7 Å². The maximum absolute atomic E-state index is 13.3. The van der Waals surface area contributed by atoms with Crippen molar-refractivity contribution in [1.29, 1.82) is 0 Å². The minimum atomic E-state index is -3.80. The third kappa shape index (κ3) is 5.28. The van der Waals surface area contributed by atoms with E-state index in [0.717, 1.165) is 22.5 Å². The van der Waals surface area contributed by atoms with Crippen LogP contribution in [0.4, 0.5) is 0 Å². The summed E-state index contributed by atoms with van der Waals surface area (Å²) in [6.07, 6.45) is 0.630. The Morgan fingerprint density at radius 3 is 2.50 bits per heavy atom. The highest BCUT2D eigenvalue weighted by Gasteiger charge is 2.29. The molecule has 3 aromatic rings. The van der Waals surface area contributed by atoms with Crippen molar-refractivity contribution in [3.8, 4) is 0 Å². The van der Waals surface area contributed by atoms with Crippen molar-refractivity contribution in [2.75, 3.05) is 26.9 Å². The molecule has 36 heavy (non-hydrogen) atoms. The number of esters is 1. The molecule has 1 aromatic heterocycles. The van der Waals surface area contributed by atoms with Crippen molar-refractivity contribution in [3.63, 3.8) is 0 Å². The Hall–Kier alpha value is -3.27. The lowest BCUT2D eigenvalue weighted by Gasteiger charge is -2.28. The summed E-state index contributed by atoms with van der Waals surface area (Å²) in [5.41, 5.74) is 4.37. The Labute approximate surface area is 211 Å². The van der Waals surface area contributed by atoms with Crippen LogP contribution in [-0.4, -0.2) is 55.9 Å². The highest BCUT2D eigenvalue weighted by Crippen LogP contribution is 2.25. The summed E-state index contributed by atoms with van der Waals surface area (Å²) < 4.78 is 40.3. The van der Waals surface area contributed by atoms with Crippen molar-refractivity contribution in [3.05, 3.63) is 88.2 Å². The number of fused-ring (bicyclic) bond motifs is 1. The van der Waals surface area contributed by atoms with Gasteiger partial charge in [-0.15, -0.1) is 0 Å². The zero-order chi connectivity index (χ0) is 25.9. The zero-order valence-electron chi connectivity index (χ0n) is 20.7. The van der Waals surface area contributed by atoms with Crippen LogP contribution in [0, 0.1) is 13.8 Å². The number of methoxy groups -OCH3 is 1. The van der Waals surface area contributed by atoms with Crippen LogP contribution in [-0.2, 0) is 39.0 Å². The Bertz CT molecular complexity index is 1390. The van der Waals surface area contributed by atoms with Gasteiger partial charge in [-0.3, -0.25) is 4.79 Å². The van der Waals surface area contributed by atoms with Gasteiger partial charge in [0, 0.05) is 43.7 Å². The molecule has 0 unspecified atom stereocenters. The molecule has 0 fully saturated rings. The molecule has 9 heteroatoms. The standard InChI is InChI=1S/C27H30N2O6S/c1-19-15-25(20(2)29(19)13-14-34-3)26(30)18-35-27(31)22-9-6-10-24(16-22)36(32,33)28-12-11-21-7-4-5-8-23(21)17-28/h4-10,15-16H,11-14,17-18H2,1-3H3. The second-order valence-corrected chi connectivity index (χ2v) is 10.8. The summed E-state index contributed by atoms with van der Waals surface area (Å²) in [6.45, 7) is 5.08. The quantitative estimate of drug-likeness (QED) is 0.323. The molecule has 0 radical (unpaired) electrons. The molecule has 0 aliphatic carbocycles. The number of nitrogens with zero attached hydrogens (tertiary/aromatic N) is 2. The van der Waals surface area contributed by atoms with Crippen LogP contribution < -0.4 is 0 Å². The van der Waals surface area contributed by atoms with Crippen LogP contribution in [0.5, 0.6) is 0 Å². The van der Waals surface area contributed by atoms with E-state index in [1.807, 2.05) is 42.7 Å².